The van der Waals surface area contributed by atoms with Gasteiger partial charge < -0.3 is 4.90 Å². The van der Waals surface area contributed by atoms with E-state index >= 15 is 0 Å². The molecule has 0 saturated heterocycles. The lowest BCUT2D eigenvalue weighted by molar-refractivity contribution is 0.443. The highest BCUT2D eigenvalue weighted by atomic mass is 15.1. The third-order valence-corrected chi connectivity index (χ3v) is 14.1. The molecule has 9 aromatic rings. The summed E-state index contributed by atoms with van der Waals surface area (Å²) in [6.45, 7) is 4.75. The maximum atomic E-state index is 2.47. The molecule has 1 nitrogen and oxygen atoms in total. The van der Waals surface area contributed by atoms with E-state index < -0.39 is 0 Å². The summed E-state index contributed by atoms with van der Waals surface area (Å²) in [5.74, 6) is 0.656. The van der Waals surface area contributed by atoms with Crippen molar-refractivity contribution < 1.29 is 0 Å². The number of nitrogens with zero attached hydrogens (tertiary/aromatic N) is 1. The Morgan fingerprint density at radius 2 is 0.797 bits per heavy atom. The minimum atomic E-state index is -0.103. The summed E-state index contributed by atoms with van der Waals surface area (Å²) in [6.07, 6.45) is 6.61. The van der Waals surface area contributed by atoms with Gasteiger partial charge in [-0.05, 0) is 139 Å². The molecule has 0 aliphatic heterocycles. The summed E-state index contributed by atoms with van der Waals surface area (Å²) < 4.78 is 0. The first-order valence-corrected chi connectivity index (χ1v) is 23.2. The Kier molecular flexibility index (Phi) is 10.4. The number of rotatable bonds is 9. The zero-order valence-corrected chi connectivity index (χ0v) is 36.8. The van der Waals surface area contributed by atoms with Crippen LogP contribution in [0.2, 0.25) is 0 Å². The van der Waals surface area contributed by atoms with E-state index in [9.17, 15) is 0 Å². The maximum Gasteiger partial charge on any atom is 0.0465 e. The van der Waals surface area contributed by atoms with Crippen LogP contribution in [0.5, 0.6) is 0 Å². The van der Waals surface area contributed by atoms with E-state index in [1.807, 2.05) is 0 Å². The molecule has 310 valence electrons. The van der Waals surface area contributed by atoms with Crippen molar-refractivity contribution >= 4 is 17.1 Å². The van der Waals surface area contributed by atoms with Crippen molar-refractivity contribution in [2.75, 3.05) is 4.90 Å². The minimum absolute atomic E-state index is 0.103. The summed E-state index contributed by atoms with van der Waals surface area (Å²) in [5.41, 5.74) is 22.4. The van der Waals surface area contributed by atoms with Crippen LogP contribution >= 0.6 is 0 Å². The molecule has 1 heteroatoms. The summed E-state index contributed by atoms with van der Waals surface area (Å²) in [6, 6.07) is 81.2. The van der Waals surface area contributed by atoms with Gasteiger partial charge in [-0.2, -0.15) is 0 Å². The van der Waals surface area contributed by atoms with Crippen molar-refractivity contribution in [3.63, 3.8) is 0 Å². The summed E-state index contributed by atoms with van der Waals surface area (Å²) in [7, 11) is 0. The molecule has 11 rings (SSSR count). The number of anilines is 3. The zero-order chi connectivity index (χ0) is 43.0. The lowest BCUT2D eigenvalue weighted by Crippen LogP contribution is -2.16. The Hall–Kier alpha value is -7.22. The van der Waals surface area contributed by atoms with Crippen molar-refractivity contribution in [3.05, 3.63) is 235 Å². The molecule has 0 bridgehead atoms. The van der Waals surface area contributed by atoms with Gasteiger partial charge in [0.25, 0.3) is 0 Å². The largest absolute Gasteiger partial charge is 0.310 e. The predicted molar refractivity (Wildman–Crippen MR) is 272 cm³/mol. The highest BCUT2D eigenvalue weighted by Gasteiger charge is 2.36. The fourth-order valence-corrected chi connectivity index (χ4v) is 10.9. The van der Waals surface area contributed by atoms with Gasteiger partial charge in [0.2, 0.25) is 0 Å². The standard InChI is InChI=1S/C63H53N/c1-63(2)60-32-17-16-29-56(60)57-42-41-51(43-61(57)63)64(49-37-33-45(34-38-49)44-19-6-3-7-20-44)50-39-35-48(36-40-50)62-58(54-27-14-12-25-52(54)46-21-8-4-9-22-46)30-18-31-59(62)55-28-15-13-26-53(55)47-23-10-5-11-24-47/h4-5,8-18,21-44H,3,6-7,19-20H2,1-2H3. The Labute approximate surface area is 379 Å². The van der Waals surface area contributed by atoms with Crippen LogP contribution in [0, 0.1) is 0 Å². The van der Waals surface area contributed by atoms with Crippen molar-refractivity contribution in [2.45, 2.75) is 57.3 Å². The van der Waals surface area contributed by atoms with Crippen LogP contribution in [0.3, 0.4) is 0 Å². The number of fused-ring (bicyclic) bond motifs is 3. The molecule has 2 aliphatic rings. The van der Waals surface area contributed by atoms with Gasteiger partial charge >= 0.3 is 0 Å². The van der Waals surface area contributed by atoms with Gasteiger partial charge in [0, 0.05) is 22.5 Å². The molecular weight excluding hydrogens is 771 g/mol. The predicted octanol–water partition coefficient (Wildman–Crippen LogP) is 17.8. The van der Waals surface area contributed by atoms with E-state index in [4.69, 9.17) is 0 Å². The van der Waals surface area contributed by atoms with Crippen molar-refractivity contribution in [2.24, 2.45) is 0 Å². The Morgan fingerprint density at radius 3 is 1.38 bits per heavy atom. The second-order valence-corrected chi connectivity index (χ2v) is 18.3. The van der Waals surface area contributed by atoms with Crippen molar-refractivity contribution in [3.8, 4) is 66.8 Å². The van der Waals surface area contributed by atoms with Gasteiger partial charge in [-0.15, -0.1) is 0 Å². The molecule has 0 amide bonds. The van der Waals surface area contributed by atoms with Gasteiger partial charge in [-0.3, -0.25) is 0 Å². The summed E-state index contributed by atoms with van der Waals surface area (Å²) >= 11 is 0. The van der Waals surface area contributed by atoms with Crippen LogP contribution in [-0.4, -0.2) is 0 Å². The molecule has 64 heavy (non-hydrogen) atoms. The fourth-order valence-electron chi connectivity index (χ4n) is 10.9. The first-order valence-electron chi connectivity index (χ1n) is 23.2. The van der Waals surface area contributed by atoms with Crippen molar-refractivity contribution in [1.29, 1.82) is 0 Å². The topological polar surface area (TPSA) is 3.24 Å². The third kappa shape index (κ3) is 7.16. The van der Waals surface area contributed by atoms with Crippen LogP contribution in [0.4, 0.5) is 17.1 Å². The molecule has 0 aromatic heterocycles. The Morgan fingerprint density at radius 1 is 0.344 bits per heavy atom. The van der Waals surface area contributed by atoms with Gasteiger partial charge in [-0.1, -0.05) is 215 Å². The lowest BCUT2D eigenvalue weighted by atomic mass is 9.82. The molecular formula is C63H53N. The molecule has 0 radical (unpaired) electrons. The van der Waals surface area contributed by atoms with E-state index in [0.29, 0.717) is 5.92 Å². The fraction of sp³-hybridized carbons (Fsp3) is 0.143. The Balaban J connectivity index is 1.08. The molecule has 0 heterocycles. The molecule has 0 spiro atoms. The number of hydrogen-bond donors (Lipinski definition) is 0. The molecule has 0 unspecified atom stereocenters. The van der Waals surface area contributed by atoms with Gasteiger partial charge in [-0.25, -0.2) is 0 Å². The van der Waals surface area contributed by atoms with Crippen LogP contribution in [0.15, 0.2) is 218 Å². The van der Waals surface area contributed by atoms with Gasteiger partial charge in [0.1, 0.15) is 0 Å². The van der Waals surface area contributed by atoms with E-state index in [1.165, 1.54) is 127 Å². The molecule has 2 aliphatic carbocycles. The molecule has 0 N–H and O–H groups in total. The quantitative estimate of drug-likeness (QED) is 0.140. The van der Waals surface area contributed by atoms with Gasteiger partial charge in [0.15, 0.2) is 0 Å². The minimum Gasteiger partial charge on any atom is -0.310 e. The average Bonchev–Trinajstić information content (AvgIpc) is 3.60. The van der Waals surface area contributed by atoms with E-state index in [-0.39, 0.29) is 5.41 Å². The summed E-state index contributed by atoms with van der Waals surface area (Å²) in [4.78, 5) is 2.47. The normalized spacial score (nSPS) is 14.2. The highest BCUT2D eigenvalue weighted by Crippen LogP contribution is 2.51. The molecule has 0 atom stereocenters. The van der Waals surface area contributed by atoms with E-state index in [1.54, 1.807) is 0 Å². The first-order chi connectivity index (χ1) is 31.5. The number of benzene rings is 9. The monoisotopic (exact) mass is 823 g/mol. The zero-order valence-electron chi connectivity index (χ0n) is 36.8. The highest BCUT2D eigenvalue weighted by molar-refractivity contribution is 6.01. The van der Waals surface area contributed by atoms with Crippen LogP contribution in [0.1, 0.15) is 68.6 Å². The van der Waals surface area contributed by atoms with E-state index in [0.717, 1.165) is 5.69 Å². The van der Waals surface area contributed by atoms with Crippen LogP contribution < -0.4 is 4.90 Å². The SMILES string of the molecule is CC1(C)c2ccccc2-c2ccc(N(c3ccc(-c4c(-c5ccccc5-c5ccccc5)cccc4-c4ccccc4-c4ccccc4)cc3)c3ccc(C4CCCCC4)cc3)cc21. The second-order valence-electron chi connectivity index (χ2n) is 18.3. The molecule has 9 aromatic carbocycles. The molecule has 1 fully saturated rings. The number of hydrogen-bond acceptors (Lipinski definition) is 1. The van der Waals surface area contributed by atoms with Crippen LogP contribution in [-0.2, 0) is 5.41 Å². The van der Waals surface area contributed by atoms with E-state index in [2.05, 4.69) is 237 Å². The van der Waals surface area contributed by atoms with Gasteiger partial charge in [0.05, 0.1) is 0 Å². The second kappa shape index (κ2) is 16.8. The van der Waals surface area contributed by atoms with Crippen LogP contribution in [0.25, 0.3) is 66.8 Å². The molecule has 1 saturated carbocycles. The summed E-state index contributed by atoms with van der Waals surface area (Å²) in [5, 5.41) is 0. The third-order valence-electron chi connectivity index (χ3n) is 14.1. The Bertz CT molecular complexity index is 2980. The lowest BCUT2D eigenvalue weighted by Gasteiger charge is -2.29. The maximum absolute atomic E-state index is 2.47. The smallest absolute Gasteiger partial charge is 0.0465 e. The van der Waals surface area contributed by atoms with Crippen molar-refractivity contribution in [1.82, 2.24) is 0 Å². The average molecular weight is 824 g/mol. The first kappa shape index (κ1) is 39.6.